The van der Waals surface area contributed by atoms with E-state index < -0.39 is 5.60 Å². The number of aromatic nitrogens is 2. The third kappa shape index (κ3) is 4.74. The Morgan fingerprint density at radius 2 is 2.00 bits per heavy atom. The molecule has 1 aromatic carbocycles. The predicted molar refractivity (Wildman–Crippen MR) is 148 cm³/mol. The van der Waals surface area contributed by atoms with E-state index in [-0.39, 0.29) is 17.9 Å². The Labute approximate surface area is 229 Å². The topological polar surface area (TPSA) is 103 Å². The van der Waals surface area contributed by atoms with Crippen LogP contribution in [0.5, 0.6) is 5.75 Å². The maximum absolute atomic E-state index is 12.6. The minimum atomic E-state index is -1.45. The van der Waals surface area contributed by atoms with Crippen LogP contribution in [0.2, 0.25) is 5.02 Å². The number of carbonyl (C=O) groups is 1. The summed E-state index contributed by atoms with van der Waals surface area (Å²) in [5, 5.41) is 20.6. The van der Waals surface area contributed by atoms with E-state index in [1.54, 1.807) is 11.2 Å². The number of halogens is 1. The van der Waals surface area contributed by atoms with E-state index in [0.717, 1.165) is 34.6 Å². The fraction of sp³-hybridized carbons (Fsp3) is 0.517. The van der Waals surface area contributed by atoms with E-state index in [0.29, 0.717) is 42.6 Å². The van der Waals surface area contributed by atoms with E-state index in [4.69, 9.17) is 16.3 Å². The molecule has 1 fully saturated rings. The zero-order valence-electron chi connectivity index (χ0n) is 23.2. The first-order valence-corrected chi connectivity index (χ1v) is 13.5. The van der Waals surface area contributed by atoms with Gasteiger partial charge in [-0.3, -0.25) is 4.79 Å². The van der Waals surface area contributed by atoms with Crippen molar-refractivity contribution in [1.29, 1.82) is 5.26 Å². The van der Waals surface area contributed by atoms with Gasteiger partial charge in [-0.1, -0.05) is 18.5 Å². The molecule has 2 aliphatic heterocycles. The lowest BCUT2D eigenvalue weighted by molar-refractivity contribution is -0.152. The molecule has 1 saturated heterocycles. The molecule has 9 heteroatoms. The number of aryl methyl sites for hydroxylation is 1. The Bertz CT molecular complexity index is 1340. The average molecular weight is 538 g/mol. The van der Waals surface area contributed by atoms with E-state index in [2.05, 4.69) is 41.7 Å². The molecule has 38 heavy (non-hydrogen) atoms. The number of allylic oxidation sites excluding steroid dienone is 1. The van der Waals surface area contributed by atoms with Crippen LogP contribution in [0.15, 0.2) is 18.0 Å². The van der Waals surface area contributed by atoms with Gasteiger partial charge in [-0.15, -0.1) is 0 Å². The highest BCUT2D eigenvalue weighted by molar-refractivity contribution is 6.32. The zero-order valence-corrected chi connectivity index (χ0v) is 24.0. The first-order valence-electron chi connectivity index (χ1n) is 13.1. The van der Waals surface area contributed by atoms with Crippen LogP contribution in [-0.2, 0) is 4.79 Å². The number of nitriles is 1. The molecule has 1 atom stereocenters. The summed E-state index contributed by atoms with van der Waals surface area (Å²) in [6, 6.07) is 3.94. The molecule has 4 rings (SSSR count). The number of benzene rings is 1. The van der Waals surface area contributed by atoms with Crippen molar-refractivity contribution in [2.75, 3.05) is 31.1 Å². The molecule has 1 unspecified atom stereocenters. The lowest BCUT2D eigenvalue weighted by atomic mass is 9.83. The Kier molecular flexibility index (Phi) is 7.74. The molecule has 0 spiro atoms. The van der Waals surface area contributed by atoms with Crippen molar-refractivity contribution < 1.29 is 14.6 Å². The van der Waals surface area contributed by atoms with Crippen LogP contribution in [0, 0.1) is 18.3 Å². The number of amides is 1. The number of rotatable bonds is 7. The highest BCUT2D eigenvalue weighted by atomic mass is 35.5. The van der Waals surface area contributed by atoms with Gasteiger partial charge in [-0.2, -0.15) is 5.26 Å². The van der Waals surface area contributed by atoms with Crippen molar-refractivity contribution >= 4 is 28.9 Å². The summed E-state index contributed by atoms with van der Waals surface area (Å²) in [4.78, 5) is 25.6. The van der Waals surface area contributed by atoms with Crippen molar-refractivity contribution in [3.05, 3.63) is 50.9 Å². The average Bonchev–Trinajstić information content (AvgIpc) is 2.83. The third-order valence-corrected chi connectivity index (χ3v) is 8.00. The molecule has 202 valence electrons. The molecule has 1 amide bonds. The van der Waals surface area contributed by atoms with Crippen LogP contribution in [0.3, 0.4) is 0 Å². The fourth-order valence-electron chi connectivity index (χ4n) is 5.56. The Morgan fingerprint density at radius 1 is 1.32 bits per heavy atom. The van der Waals surface area contributed by atoms with E-state index in [1.165, 1.54) is 25.0 Å². The van der Waals surface area contributed by atoms with Crippen LogP contribution in [-0.4, -0.2) is 57.7 Å². The molecule has 1 aromatic heterocycles. The Morgan fingerprint density at radius 3 is 2.58 bits per heavy atom. The van der Waals surface area contributed by atoms with Crippen LogP contribution < -0.4 is 9.64 Å². The first kappa shape index (κ1) is 27.9. The van der Waals surface area contributed by atoms with Gasteiger partial charge in [-0.25, -0.2) is 9.97 Å². The standard InChI is InChI=1S/C29H36ClN5O3/c1-8-19-14-35(27-24(16(19)3)17(4)32-15-33-27)18(5)21-10-23(30)22(11-31)25(26(21)38-9-2)20-12-34(13-20)28(36)29(6,7)37/h10,15,18,20,37H,8-9,12-14H2,1-7H3. The molecule has 0 bridgehead atoms. The highest BCUT2D eigenvalue weighted by Gasteiger charge is 2.41. The van der Waals surface area contributed by atoms with E-state index in [1.807, 2.05) is 19.9 Å². The Balaban J connectivity index is 1.81. The molecule has 3 heterocycles. The number of hydrogen-bond donors (Lipinski definition) is 1. The quantitative estimate of drug-likeness (QED) is 0.519. The third-order valence-electron chi connectivity index (χ3n) is 7.70. The molecule has 1 N–H and O–H groups in total. The molecule has 2 aromatic rings. The highest BCUT2D eigenvalue weighted by Crippen LogP contribution is 2.47. The van der Waals surface area contributed by atoms with Gasteiger partial charge < -0.3 is 19.6 Å². The number of ether oxygens (including phenoxy) is 1. The van der Waals surface area contributed by atoms with Crippen LogP contribution >= 0.6 is 11.6 Å². The van der Waals surface area contributed by atoms with Gasteiger partial charge in [0.1, 0.15) is 29.6 Å². The van der Waals surface area contributed by atoms with Crippen molar-refractivity contribution in [2.45, 2.75) is 72.4 Å². The minimum absolute atomic E-state index is 0.131. The first-order chi connectivity index (χ1) is 17.9. The fourth-order valence-corrected chi connectivity index (χ4v) is 5.83. The van der Waals surface area contributed by atoms with E-state index >= 15 is 0 Å². The van der Waals surface area contributed by atoms with Gasteiger partial charge >= 0.3 is 0 Å². The van der Waals surface area contributed by atoms with Crippen molar-refractivity contribution in [3.63, 3.8) is 0 Å². The smallest absolute Gasteiger partial charge is 0.253 e. The van der Waals surface area contributed by atoms with Crippen LogP contribution in [0.1, 0.15) is 87.9 Å². The maximum atomic E-state index is 12.6. The molecular formula is C29H36ClN5O3. The number of carbonyl (C=O) groups excluding carboxylic acids is 1. The van der Waals surface area contributed by atoms with Crippen LogP contribution in [0.4, 0.5) is 5.82 Å². The largest absolute Gasteiger partial charge is 0.493 e. The Hall–Kier alpha value is -3.15. The van der Waals surface area contributed by atoms with Gasteiger partial charge in [0.15, 0.2) is 0 Å². The number of fused-ring (bicyclic) bond motifs is 1. The number of anilines is 1. The summed E-state index contributed by atoms with van der Waals surface area (Å²) < 4.78 is 6.25. The van der Waals surface area contributed by atoms with Gasteiger partial charge in [0.05, 0.1) is 28.9 Å². The molecule has 0 aliphatic carbocycles. The number of aliphatic hydroxyl groups is 1. The monoisotopic (exact) mass is 537 g/mol. The van der Waals surface area contributed by atoms with E-state index in [9.17, 15) is 15.2 Å². The number of nitrogens with zero attached hydrogens (tertiary/aromatic N) is 5. The summed E-state index contributed by atoms with van der Waals surface area (Å²) in [5.41, 5.74) is 5.04. The zero-order chi connectivity index (χ0) is 27.9. The van der Waals surface area contributed by atoms with Gasteiger partial charge in [0.2, 0.25) is 0 Å². The lowest BCUT2D eigenvalue weighted by Crippen LogP contribution is -2.55. The van der Waals surface area contributed by atoms with Crippen molar-refractivity contribution in [2.24, 2.45) is 0 Å². The molecule has 2 aliphatic rings. The van der Waals surface area contributed by atoms with Crippen LogP contribution in [0.25, 0.3) is 5.57 Å². The van der Waals surface area contributed by atoms with Gasteiger partial charge in [0.25, 0.3) is 5.91 Å². The molecule has 8 nitrogen and oxygen atoms in total. The van der Waals surface area contributed by atoms with Crippen molar-refractivity contribution in [1.82, 2.24) is 14.9 Å². The molecule has 0 radical (unpaired) electrons. The second-order valence-electron chi connectivity index (χ2n) is 10.6. The van der Waals surface area contributed by atoms with Gasteiger partial charge in [0, 0.05) is 42.2 Å². The predicted octanol–water partition coefficient (Wildman–Crippen LogP) is 5.17. The summed E-state index contributed by atoms with van der Waals surface area (Å²) in [7, 11) is 0. The van der Waals surface area contributed by atoms with Crippen molar-refractivity contribution in [3.8, 4) is 11.8 Å². The molecular weight excluding hydrogens is 502 g/mol. The minimum Gasteiger partial charge on any atom is -0.493 e. The number of likely N-dealkylation sites (tertiary alicyclic amines) is 1. The summed E-state index contributed by atoms with van der Waals surface area (Å²) in [6.45, 7) is 15.2. The summed E-state index contributed by atoms with van der Waals surface area (Å²) in [6.07, 6.45) is 2.51. The number of hydrogen-bond acceptors (Lipinski definition) is 7. The lowest BCUT2D eigenvalue weighted by Gasteiger charge is -2.43. The summed E-state index contributed by atoms with van der Waals surface area (Å²) >= 11 is 6.74. The van der Waals surface area contributed by atoms with Gasteiger partial charge in [-0.05, 0) is 65.2 Å². The second-order valence-corrected chi connectivity index (χ2v) is 11.0. The maximum Gasteiger partial charge on any atom is 0.253 e. The summed E-state index contributed by atoms with van der Waals surface area (Å²) in [5.74, 6) is 1.04. The SMILES string of the molecule is CCOc1c(C(C)N2CC(CC)=C(C)c3c(C)ncnc32)cc(Cl)c(C#N)c1C1CN(C(=O)C(C)(C)O)C1. The normalized spacial score (nSPS) is 16.6. The second kappa shape index (κ2) is 10.5. The molecule has 0 saturated carbocycles.